The van der Waals surface area contributed by atoms with E-state index in [0.717, 1.165) is 30.9 Å². The monoisotopic (exact) mass is 511 g/mol. The van der Waals surface area contributed by atoms with Gasteiger partial charge in [-0.3, -0.25) is 4.68 Å². The quantitative estimate of drug-likeness (QED) is 0.220. The summed E-state index contributed by atoms with van der Waals surface area (Å²) in [6.07, 6.45) is -1.06. The number of anilines is 1. The van der Waals surface area contributed by atoms with Crippen LogP contribution in [0, 0.1) is 0 Å². The molecule has 28 heavy (non-hydrogen) atoms. The molecule has 2 aromatic heterocycles. The highest BCUT2D eigenvalue weighted by Crippen LogP contribution is 2.28. The van der Waals surface area contributed by atoms with E-state index in [2.05, 4.69) is 31.0 Å². The van der Waals surface area contributed by atoms with Crippen molar-refractivity contribution in [2.75, 3.05) is 25.0 Å². The maximum absolute atomic E-state index is 12.5. The number of nitrogens with one attached hydrogen (secondary N) is 3. The number of halogens is 4. The fraction of sp³-hybridized carbons (Fsp3) is 0.471. The molecule has 3 N–H and O–H groups in total. The van der Waals surface area contributed by atoms with Gasteiger partial charge in [0, 0.05) is 39.1 Å². The first-order valence-corrected chi connectivity index (χ1v) is 8.66. The number of hydrogen-bond donors (Lipinski definition) is 3. The maximum atomic E-state index is 12.5. The first kappa shape index (κ1) is 24.0. The van der Waals surface area contributed by atoms with Gasteiger partial charge in [0.1, 0.15) is 5.82 Å². The Kier molecular flexibility index (Phi) is 10.0. The lowest BCUT2D eigenvalue weighted by Gasteiger charge is -2.12. The smallest absolute Gasteiger partial charge is 0.370 e. The third-order valence-electron chi connectivity index (χ3n) is 3.71. The van der Waals surface area contributed by atoms with Crippen LogP contribution in [0.25, 0.3) is 0 Å². The molecule has 0 aliphatic carbocycles. The molecule has 0 aliphatic heterocycles. The Morgan fingerprint density at radius 2 is 1.96 bits per heavy atom. The number of alkyl halides is 3. The Labute approximate surface area is 179 Å². The van der Waals surface area contributed by atoms with Gasteiger partial charge >= 0.3 is 6.18 Å². The van der Waals surface area contributed by atoms with Gasteiger partial charge in [-0.05, 0) is 31.5 Å². The molecule has 0 amide bonds. The number of aromatic nitrogens is 3. The molecule has 0 fully saturated rings. The van der Waals surface area contributed by atoms with Crippen molar-refractivity contribution in [3.8, 4) is 0 Å². The van der Waals surface area contributed by atoms with E-state index in [4.69, 9.17) is 0 Å². The molecule has 0 aromatic carbocycles. The molecule has 0 aliphatic rings. The summed E-state index contributed by atoms with van der Waals surface area (Å²) in [4.78, 5) is 8.28. The van der Waals surface area contributed by atoms with E-state index in [0.29, 0.717) is 31.4 Å². The van der Waals surface area contributed by atoms with Crippen LogP contribution < -0.4 is 16.0 Å². The van der Waals surface area contributed by atoms with E-state index in [1.165, 1.54) is 6.07 Å². The van der Waals surface area contributed by atoms with Crippen LogP contribution in [-0.4, -0.2) is 40.4 Å². The van der Waals surface area contributed by atoms with Gasteiger partial charge in [-0.15, -0.1) is 24.0 Å². The molecule has 2 rings (SSSR count). The van der Waals surface area contributed by atoms with E-state index in [9.17, 15) is 13.2 Å². The molecular weight excluding hydrogens is 486 g/mol. The summed E-state index contributed by atoms with van der Waals surface area (Å²) in [6.45, 7) is 4.47. The first-order valence-electron chi connectivity index (χ1n) is 8.66. The number of hydrogen-bond acceptors (Lipinski definition) is 4. The molecule has 0 radical (unpaired) electrons. The molecule has 0 unspecified atom stereocenters. The van der Waals surface area contributed by atoms with Gasteiger partial charge in [0.05, 0.1) is 17.8 Å². The van der Waals surface area contributed by atoms with Crippen LogP contribution in [0.15, 0.2) is 35.6 Å². The summed E-state index contributed by atoms with van der Waals surface area (Å²) in [5.41, 5.74) is 0.247. The number of rotatable bonds is 8. The minimum Gasteiger partial charge on any atom is -0.370 e. The van der Waals surface area contributed by atoms with Crippen molar-refractivity contribution in [2.24, 2.45) is 12.0 Å². The largest absolute Gasteiger partial charge is 0.417 e. The van der Waals surface area contributed by atoms with E-state index in [-0.39, 0.29) is 24.0 Å². The van der Waals surface area contributed by atoms with Crippen LogP contribution in [0.4, 0.5) is 19.0 Å². The van der Waals surface area contributed by atoms with Crippen molar-refractivity contribution in [2.45, 2.75) is 26.1 Å². The SMILES string of the molecule is CCNC(=NCc1ccnn1C)NCCCNc1ccc(C(F)(F)F)cn1.I. The zero-order chi connectivity index (χ0) is 19.7. The number of pyridine rings is 1. The normalized spacial score (nSPS) is 11.7. The zero-order valence-electron chi connectivity index (χ0n) is 15.8. The van der Waals surface area contributed by atoms with E-state index in [1.54, 1.807) is 10.9 Å². The molecule has 2 heterocycles. The van der Waals surface area contributed by atoms with Crippen LogP contribution >= 0.6 is 24.0 Å². The van der Waals surface area contributed by atoms with Crippen molar-refractivity contribution in [3.05, 3.63) is 41.9 Å². The lowest BCUT2D eigenvalue weighted by molar-refractivity contribution is -0.137. The Morgan fingerprint density at radius 3 is 2.54 bits per heavy atom. The van der Waals surface area contributed by atoms with Crippen molar-refractivity contribution < 1.29 is 13.2 Å². The molecule has 0 saturated heterocycles. The predicted octanol–water partition coefficient (Wildman–Crippen LogP) is 3.01. The number of nitrogens with zero attached hydrogens (tertiary/aromatic N) is 4. The number of aliphatic imine (C=N–C) groups is 1. The Balaban J connectivity index is 0.00000392. The summed E-state index contributed by atoms with van der Waals surface area (Å²) in [6, 6.07) is 4.26. The maximum Gasteiger partial charge on any atom is 0.417 e. The van der Waals surface area contributed by atoms with Gasteiger partial charge in [0.2, 0.25) is 0 Å². The van der Waals surface area contributed by atoms with Crippen LogP contribution in [0.1, 0.15) is 24.6 Å². The van der Waals surface area contributed by atoms with Crippen LogP contribution in [-0.2, 0) is 19.8 Å². The van der Waals surface area contributed by atoms with Crippen molar-refractivity contribution >= 4 is 35.8 Å². The summed E-state index contributed by atoms with van der Waals surface area (Å²) in [5, 5.41) is 13.5. The van der Waals surface area contributed by atoms with Gasteiger partial charge < -0.3 is 16.0 Å². The van der Waals surface area contributed by atoms with Crippen molar-refractivity contribution in [1.29, 1.82) is 0 Å². The molecule has 0 spiro atoms. The second-order valence-corrected chi connectivity index (χ2v) is 5.78. The fourth-order valence-corrected chi connectivity index (χ4v) is 2.24. The van der Waals surface area contributed by atoms with Crippen molar-refractivity contribution in [1.82, 2.24) is 25.4 Å². The topological polar surface area (TPSA) is 79.2 Å². The van der Waals surface area contributed by atoms with E-state index in [1.807, 2.05) is 20.0 Å². The third-order valence-corrected chi connectivity index (χ3v) is 3.71. The third kappa shape index (κ3) is 7.90. The van der Waals surface area contributed by atoms with Crippen LogP contribution in [0.5, 0.6) is 0 Å². The van der Waals surface area contributed by atoms with E-state index >= 15 is 0 Å². The first-order chi connectivity index (χ1) is 12.9. The molecule has 0 atom stereocenters. The standard InChI is InChI=1S/C17H24F3N7.HI/c1-3-21-16(25-12-14-7-10-26-27(14)2)23-9-4-8-22-15-6-5-13(11-24-15)17(18,19)20;/h5-7,10-11H,3-4,8-9,12H2,1-2H3,(H,22,24)(H2,21,23,25);1H. The molecule has 0 bridgehead atoms. The minimum absolute atomic E-state index is 0. The van der Waals surface area contributed by atoms with Crippen molar-refractivity contribution in [3.63, 3.8) is 0 Å². The molecule has 11 heteroatoms. The lowest BCUT2D eigenvalue weighted by Crippen LogP contribution is -2.38. The van der Waals surface area contributed by atoms with Gasteiger partial charge in [-0.2, -0.15) is 18.3 Å². The van der Waals surface area contributed by atoms with Gasteiger partial charge in [-0.1, -0.05) is 0 Å². The average Bonchev–Trinajstić information content (AvgIpc) is 3.04. The van der Waals surface area contributed by atoms with Crippen LogP contribution in [0.3, 0.4) is 0 Å². The second kappa shape index (κ2) is 11.7. The summed E-state index contributed by atoms with van der Waals surface area (Å²) >= 11 is 0. The summed E-state index contributed by atoms with van der Waals surface area (Å²) in [7, 11) is 1.87. The molecule has 7 nitrogen and oxygen atoms in total. The molecule has 0 saturated carbocycles. The summed E-state index contributed by atoms with van der Waals surface area (Å²) < 4.78 is 39.3. The Hall–Kier alpha value is -2.05. The Morgan fingerprint density at radius 1 is 1.18 bits per heavy atom. The molecular formula is C17H25F3IN7. The average molecular weight is 511 g/mol. The highest BCUT2D eigenvalue weighted by molar-refractivity contribution is 14.0. The van der Waals surface area contributed by atoms with Crippen LogP contribution in [0.2, 0.25) is 0 Å². The van der Waals surface area contributed by atoms with E-state index < -0.39 is 11.7 Å². The predicted molar refractivity (Wildman–Crippen MR) is 114 cm³/mol. The second-order valence-electron chi connectivity index (χ2n) is 5.78. The highest BCUT2D eigenvalue weighted by Gasteiger charge is 2.30. The highest BCUT2D eigenvalue weighted by atomic mass is 127. The molecule has 156 valence electrons. The minimum atomic E-state index is -4.37. The van der Waals surface area contributed by atoms with Gasteiger partial charge in [0.25, 0.3) is 0 Å². The lowest BCUT2D eigenvalue weighted by atomic mass is 10.3. The zero-order valence-corrected chi connectivity index (χ0v) is 18.1. The fourth-order valence-electron chi connectivity index (χ4n) is 2.24. The number of aryl methyl sites for hydroxylation is 1. The Bertz CT molecular complexity index is 729. The number of guanidine groups is 1. The van der Waals surface area contributed by atoms with Gasteiger partial charge in [0.15, 0.2) is 5.96 Å². The molecule has 2 aromatic rings. The summed E-state index contributed by atoms with van der Waals surface area (Å²) in [5.74, 6) is 1.12. The van der Waals surface area contributed by atoms with Gasteiger partial charge in [-0.25, -0.2) is 9.98 Å².